The molecule has 0 fully saturated rings. The molecule has 0 spiro atoms. The van der Waals surface area contributed by atoms with Crippen LogP contribution in [-0.4, -0.2) is 43.6 Å². The summed E-state index contributed by atoms with van der Waals surface area (Å²) in [6, 6.07) is 7.09. The Morgan fingerprint density at radius 1 is 1.03 bits per heavy atom. The quantitative estimate of drug-likeness (QED) is 0.213. The molecule has 0 aliphatic heterocycles. The summed E-state index contributed by atoms with van der Waals surface area (Å²) in [6.07, 6.45) is 1.16. The largest absolute Gasteiger partial charge is 0.490 e. The summed E-state index contributed by atoms with van der Waals surface area (Å²) in [7, 11) is 0. The van der Waals surface area contributed by atoms with Crippen molar-refractivity contribution in [1.29, 1.82) is 5.26 Å². The number of benzene rings is 1. The first-order valence-electron chi connectivity index (χ1n) is 11.7. The predicted octanol–water partition coefficient (Wildman–Crippen LogP) is 5.31. The van der Waals surface area contributed by atoms with Gasteiger partial charge < -0.3 is 18.9 Å². The molecule has 1 aromatic heterocycles. The molecule has 0 aliphatic rings. The molecule has 0 radical (unpaired) electrons. The minimum atomic E-state index is -0.630. The topological polar surface area (TPSA) is 112 Å². The number of thiophene rings is 1. The highest BCUT2D eigenvalue weighted by Crippen LogP contribution is 2.32. The third-order valence-corrected chi connectivity index (χ3v) is 6.12. The standard InChI is InChI=1S/C27H31NO7S/c1-7-32-22-13-18(10-11-21(22)35-16(4)5)12-19(15-28)20(29)14-23-24(26(30)33-8-2)17(6)25(36-23)27(31)34-9-3/h10-13,16H,7-9,14H2,1-6H3/b19-12+. The lowest BCUT2D eigenvalue weighted by Crippen LogP contribution is -2.12. The number of rotatable bonds is 12. The van der Waals surface area contributed by atoms with E-state index in [9.17, 15) is 19.6 Å². The normalized spacial score (nSPS) is 11.1. The Labute approximate surface area is 215 Å². The van der Waals surface area contributed by atoms with Crippen molar-refractivity contribution in [2.45, 2.75) is 54.1 Å². The van der Waals surface area contributed by atoms with Gasteiger partial charge in [0, 0.05) is 11.3 Å². The lowest BCUT2D eigenvalue weighted by molar-refractivity contribution is -0.114. The molecular weight excluding hydrogens is 482 g/mol. The van der Waals surface area contributed by atoms with Gasteiger partial charge in [-0.3, -0.25) is 4.79 Å². The molecular formula is C27H31NO7S. The van der Waals surface area contributed by atoms with E-state index in [1.54, 1.807) is 39.0 Å². The molecule has 192 valence electrons. The fourth-order valence-electron chi connectivity index (χ4n) is 3.38. The van der Waals surface area contributed by atoms with Gasteiger partial charge in [0.2, 0.25) is 0 Å². The van der Waals surface area contributed by atoms with Crippen molar-refractivity contribution < 1.29 is 33.3 Å². The van der Waals surface area contributed by atoms with Crippen LogP contribution in [0.25, 0.3) is 6.08 Å². The summed E-state index contributed by atoms with van der Waals surface area (Å²) < 4.78 is 21.6. The van der Waals surface area contributed by atoms with Gasteiger partial charge >= 0.3 is 11.9 Å². The Morgan fingerprint density at radius 2 is 1.69 bits per heavy atom. The highest BCUT2D eigenvalue weighted by atomic mass is 32.1. The molecule has 0 saturated carbocycles. The third kappa shape index (κ3) is 7.18. The second-order valence-corrected chi connectivity index (χ2v) is 8.98. The van der Waals surface area contributed by atoms with Crippen LogP contribution in [0.15, 0.2) is 23.8 Å². The number of Topliss-reactive ketones (excluding diaryl/α,β-unsaturated/α-hetero) is 1. The van der Waals surface area contributed by atoms with Crippen LogP contribution in [0.4, 0.5) is 0 Å². The first-order valence-corrected chi connectivity index (χ1v) is 12.5. The van der Waals surface area contributed by atoms with Gasteiger partial charge in [-0.2, -0.15) is 5.26 Å². The molecule has 0 amide bonds. The smallest absolute Gasteiger partial charge is 0.348 e. The number of ether oxygens (including phenoxy) is 4. The Balaban J connectivity index is 2.43. The summed E-state index contributed by atoms with van der Waals surface area (Å²) in [5.74, 6) is -0.641. The Morgan fingerprint density at radius 3 is 2.28 bits per heavy atom. The Hall–Kier alpha value is -3.64. The molecule has 0 atom stereocenters. The van der Waals surface area contributed by atoms with Gasteiger partial charge in [-0.15, -0.1) is 11.3 Å². The van der Waals surface area contributed by atoms with Gasteiger partial charge in [0.25, 0.3) is 0 Å². The first kappa shape index (κ1) is 28.6. The van der Waals surface area contributed by atoms with Gasteiger partial charge in [-0.25, -0.2) is 9.59 Å². The number of hydrogen-bond donors (Lipinski definition) is 0. The zero-order valence-corrected chi connectivity index (χ0v) is 22.2. The minimum absolute atomic E-state index is 0.0517. The summed E-state index contributed by atoms with van der Waals surface area (Å²) in [5.41, 5.74) is 1.03. The van der Waals surface area contributed by atoms with E-state index in [0.717, 1.165) is 11.3 Å². The molecule has 8 nitrogen and oxygen atoms in total. The summed E-state index contributed by atoms with van der Waals surface area (Å²) >= 11 is 0.998. The maximum atomic E-state index is 13.1. The third-order valence-electron chi connectivity index (χ3n) is 4.84. The molecule has 0 saturated heterocycles. The van der Waals surface area contributed by atoms with E-state index >= 15 is 0 Å². The lowest BCUT2D eigenvalue weighted by atomic mass is 10.0. The van der Waals surface area contributed by atoms with E-state index in [1.165, 1.54) is 6.08 Å². The highest BCUT2D eigenvalue weighted by Gasteiger charge is 2.28. The van der Waals surface area contributed by atoms with Crippen LogP contribution in [0.1, 0.15) is 70.7 Å². The average molecular weight is 514 g/mol. The SMILES string of the molecule is CCOC(=O)c1sc(CC(=O)/C(C#N)=C/c2ccc(OC(C)C)c(OCC)c2)c(C(=O)OCC)c1C. The molecule has 9 heteroatoms. The average Bonchev–Trinajstić information content (AvgIpc) is 3.14. The van der Waals surface area contributed by atoms with E-state index in [4.69, 9.17) is 18.9 Å². The first-order chi connectivity index (χ1) is 17.2. The van der Waals surface area contributed by atoms with E-state index in [2.05, 4.69) is 0 Å². The molecule has 0 unspecified atom stereocenters. The van der Waals surface area contributed by atoms with E-state index in [1.807, 2.05) is 26.8 Å². The van der Waals surface area contributed by atoms with Crippen LogP contribution in [0, 0.1) is 18.3 Å². The van der Waals surface area contributed by atoms with Crippen molar-refractivity contribution in [3.05, 3.63) is 50.2 Å². The van der Waals surface area contributed by atoms with Gasteiger partial charge in [0.15, 0.2) is 17.3 Å². The van der Waals surface area contributed by atoms with Crippen LogP contribution in [0.2, 0.25) is 0 Å². The van der Waals surface area contributed by atoms with E-state index in [0.29, 0.717) is 34.1 Å². The molecule has 0 bridgehead atoms. The fraction of sp³-hybridized carbons (Fsp3) is 0.407. The number of hydrogen-bond acceptors (Lipinski definition) is 9. The predicted molar refractivity (Wildman–Crippen MR) is 137 cm³/mol. The number of nitrogens with zero attached hydrogens (tertiary/aromatic N) is 1. The van der Waals surface area contributed by atoms with Gasteiger partial charge in [-0.05, 0) is 70.9 Å². The summed E-state index contributed by atoms with van der Waals surface area (Å²) in [6.45, 7) is 11.3. The van der Waals surface area contributed by atoms with Crippen LogP contribution >= 0.6 is 11.3 Å². The van der Waals surface area contributed by atoms with Crippen molar-refractivity contribution >= 4 is 35.1 Å². The van der Waals surface area contributed by atoms with Crippen molar-refractivity contribution in [3.63, 3.8) is 0 Å². The van der Waals surface area contributed by atoms with Gasteiger partial charge in [0.05, 0.1) is 37.1 Å². The zero-order valence-electron chi connectivity index (χ0n) is 21.4. The van der Waals surface area contributed by atoms with Gasteiger partial charge in [0.1, 0.15) is 10.9 Å². The fourth-order valence-corrected chi connectivity index (χ4v) is 4.56. The van der Waals surface area contributed by atoms with Crippen LogP contribution in [0.3, 0.4) is 0 Å². The number of ketones is 1. The molecule has 1 aromatic carbocycles. The lowest BCUT2D eigenvalue weighted by Gasteiger charge is -2.15. The number of allylic oxidation sites excluding steroid dienone is 1. The van der Waals surface area contributed by atoms with Crippen LogP contribution in [-0.2, 0) is 20.7 Å². The monoisotopic (exact) mass is 513 g/mol. The maximum absolute atomic E-state index is 13.1. The zero-order chi connectivity index (χ0) is 26.8. The Bertz CT molecular complexity index is 1190. The summed E-state index contributed by atoms with van der Waals surface area (Å²) in [5, 5.41) is 9.71. The second-order valence-electron chi connectivity index (χ2n) is 7.87. The van der Waals surface area contributed by atoms with Crippen LogP contribution < -0.4 is 9.47 Å². The minimum Gasteiger partial charge on any atom is -0.490 e. The number of esters is 2. The van der Waals surface area contributed by atoms with Crippen molar-refractivity contribution in [3.8, 4) is 17.6 Å². The molecule has 2 aromatic rings. The molecule has 1 heterocycles. The van der Waals surface area contributed by atoms with Crippen molar-refractivity contribution in [2.75, 3.05) is 19.8 Å². The second kappa shape index (κ2) is 13.4. The molecule has 0 N–H and O–H groups in total. The molecule has 36 heavy (non-hydrogen) atoms. The number of carbonyl (C=O) groups is 3. The highest BCUT2D eigenvalue weighted by molar-refractivity contribution is 7.14. The van der Waals surface area contributed by atoms with E-state index < -0.39 is 17.7 Å². The van der Waals surface area contributed by atoms with Crippen LogP contribution in [0.5, 0.6) is 11.5 Å². The van der Waals surface area contributed by atoms with Crippen molar-refractivity contribution in [1.82, 2.24) is 0 Å². The van der Waals surface area contributed by atoms with Crippen molar-refractivity contribution in [2.24, 2.45) is 0 Å². The molecule has 2 rings (SSSR count). The number of nitriles is 1. The van der Waals surface area contributed by atoms with Gasteiger partial charge in [-0.1, -0.05) is 6.07 Å². The maximum Gasteiger partial charge on any atom is 0.348 e. The molecule has 0 aliphatic carbocycles. The van der Waals surface area contributed by atoms with E-state index in [-0.39, 0.29) is 41.8 Å². The number of carbonyl (C=O) groups excluding carboxylic acids is 3. The summed E-state index contributed by atoms with van der Waals surface area (Å²) in [4.78, 5) is 38.7. The Kier molecular flexibility index (Phi) is 10.7.